The molecule has 11 aromatic rings. The summed E-state index contributed by atoms with van der Waals surface area (Å²) < 4.78 is 2.52. The van der Waals surface area contributed by atoms with Crippen LogP contribution in [0, 0.1) is 0 Å². The zero-order valence-corrected chi connectivity index (χ0v) is 33.5. The van der Waals surface area contributed by atoms with E-state index in [4.69, 9.17) is 0 Å². The zero-order chi connectivity index (χ0) is 40.0. The van der Waals surface area contributed by atoms with Gasteiger partial charge in [0.15, 0.2) is 0 Å². The molecular weight excluding hydrogens is 735 g/mol. The van der Waals surface area contributed by atoms with Crippen LogP contribution in [0.5, 0.6) is 0 Å². The Labute approximate surface area is 355 Å². The molecule has 0 saturated heterocycles. The third kappa shape index (κ3) is 5.14. The minimum Gasteiger partial charge on any atom is -0.309 e. The van der Waals surface area contributed by atoms with E-state index in [1.54, 1.807) is 0 Å². The summed E-state index contributed by atoms with van der Waals surface area (Å²) in [7, 11) is 0. The Balaban J connectivity index is 1.04. The molecule has 0 radical (unpaired) electrons. The largest absolute Gasteiger partial charge is 0.309 e. The Bertz CT molecular complexity index is 3530. The van der Waals surface area contributed by atoms with E-state index in [0.717, 1.165) is 0 Å². The van der Waals surface area contributed by atoms with Crippen LogP contribution in [-0.4, -0.2) is 4.57 Å². The van der Waals surface area contributed by atoms with Crippen LogP contribution in [-0.2, 0) is 0 Å². The fourth-order valence-corrected chi connectivity index (χ4v) is 10.9. The van der Waals surface area contributed by atoms with Gasteiger partial charge in [0.25, 0.3) is 0 Å². The lowest BCUT2D eigenvalue weighted by molar-refractivity contribution is 1.02. The van der Waals surface area contributed by atoms with Crippen molar-refractivity contribution in [3.8, 4) is 50.2 Å². The molecule has 61 heavy (non-hydrogen) atoms. The van der Waals surface area contributed by atoms with E-state index < -0.39 is 0 Å². The third-order valence-corrected chi connectivity index (χ3v) is 13.5. The van der Waals surface area contributed by atoms with E-state index >= 15 is 0 Å². The number of fused-ring (bicyclic) bond motifs is 11. The molecule has 0 amide bonds. The van der Waals surface area contributed by atoms with Crippen molar-refractivity contribution in [2.75, 3.05) is 0 Å². The summed E-state index contributed by atoms with van der Waals surface area (Å²) in [6.45, 7) is 0. The quantitative estimate of drug-likeness (QED) is 0.164. The molecule has 0 saturated carbocycles. The van der Waals surface area contributed by atoms with Crippen LogP contribution >= 0.6 is 0 Å². The van der Waals surface area contributed by atoms with Gasteiger partial charge in [-0.2, -0.15) is 0 Å². The van der Waals surface area contributed by atoms with Crippen LogP contribution in [0.2, 0.25) is 0 Å². The minimum atomic E-state index is 0.125. The smallest absolute Gasteiger partial charge is 0.0544 e. The molecule has 2 unspecified atom stereocenters. The molecule has 10 aromatic carbocycles. The highest BCUT2D eigenvalue weighted by Crippen LogP contribution is 2.54. The second-order valence-electron chi connectivity index (χ2n) is 16.7. The lowest BCUT2D eigenvalue weighted by atomic mass is 9.86. The molecule has 0 N–H and O–H groups in total. The van der Waals surface area contributed by atoms with Gasteiger partial charge in [0.1, 0.15) is 0 Å². The SMILES string of the molecule is c1ccc(-c2cccc(C3c4ccccc4-c4cc(-c5ccc6c(c5)c5c7c(ccc5n6-c5cccc6ccccc56)-c5ccccc5C7c5ccccc5)ccc43)c2)cc1. The highest BCUT2D eigenvalue weighted by atomic mass is 15.0. The summed E-state index contributed by atoms with van der Waals surface area (Å²) >= 11 is 0. The van der Waals surface area contributed by atoms with Gasteiger partial charge in [0.05, 0.1) is 16.7 Å². The molecule has 284 valence electrons. The first-order chi connectivity index (χ1) is 30.3. The number of rotatable bonds is 5. The number of aromatic nitrogens is 1. The van der Waals surface area contributed by atoms with Crippen LogP contribution in [0.3, 0.4) is 0 Å². The maximum atomic E-state index is 2.52. The van der Waals surface area contributed by atoms with Crippen LogP contribution in [0.25, 0.3) is 82.8 Å². The Hall–Kier alpha value is -7.74. The first-order valence-corrected chi connectivity index (χ1v) is 21.4. The average Bonchev–Trinajstić information content (AvgIpc) is 3.97. The topological polar surface area (TPSA) is 4.93 Å². The van der Waals surface area contributed by atoms with E-state index in [-0.39, 0.29) is 11.8 Å². The fourth-order valence-electron chi connectivity index (χ4n) is 10.9. The average molecular weight is 774 g/mol. The Morgan fingerprint density at radius 1 is 0.311 bits per heavy atom. The summed E-state index contributed by atoms with van der Waals surface area (Å²) in [6.07, 6.45) is 0. The van der Waals surface area contributed by atoms with E-state index in [2.05, 4.69) is 229 Å². The first-order valence-electron chi connectivity index (χ1n) is 21.4. The lowest BCUT2D eigenvalue weighted by Gasteiger charge is -2.16. The van der Waals surface area contributed by atoms with E-state index in [9.17, 15) is 0 Å². The molecule has 1 heterocycles. The molecule has 0 bridgehead atoms. The Kier molecular flexibility index (Phi) is 7.50. The van der Waals surface area contributed by atoms with Gasteiger partial charge in [-0.15, -0.1) is 0 Å². The van der Waals surface area contributed by atoms with Crippen molar-refractivity contribution in [3.63, 3.8) is 0 Å². The fraction of sp³-hybridized carbons (Fsp3) is 0.0333. The summed E-state index contributed by atoms with van der Waals surface area (Å²) in [4.78, 5) is 0. The van der Waals surface area contributed by atoms with Gasteiger partial charge >= 0.3 is 0 Å². The van der Waals surface area contributed by atoms with Gasteiger partial charge in [-0.25, -0.2) is 0 Å². The molecule has 0 fully saturated rings. The predicted octanol–water partition coefficient (Wildman–Crippen LogP) is 15.6. The molecule has 13 rings (SSSR count). The lowest BCUT2D eigenvalue weighted by Crippen LogP contribution is -2.00. The van der Waals surface area contributed by atoms with Crippen LogP contribution < -0.4 is 0 Å². The second-order valence-corrected chi connectivity index (χ2v) is 16.7. The van der Waals surface area contributed by atoms with E-state index in [1.165, 1.54) is 116 Å². The molecular formula is C60H39N. The Morgan fingerprint density at radius 3 is 1.75 bits per heavy atom. The zero-order valence-electron chi connectivity index (χ0n) is 33.5. The first kappa shape index (κ1) is 34.2. The summed E-state index contributed by atoms with van der Waals surface area (Å²) in [5.74, 6) is 0.296. The van der Waals surface area contributed by atoms with E-state index in [0.29, 0.717) is 0 Å². The summed E-state index contributed by atoms with van der Waals surface area (Å²) in [5, 5.41) is 5.10. The van der Waals surface area contributed by atoms with Gasteiger partial charge in [-0.05, 0) is 114 Å². The highest BCUT2D eigenvalue weighted by molar-refractivity contribution is 6.16. The summed E-state index contributed by atoms with van der Waals surface area (Å²) in [5.41, 5.74) is 22.1. The van der Waals surface area contributed by atoms with Crippen LogP contribution in [0.15, 0.2) is 224 Å². The number of hydrogen-bond acceptors (Lipinski definition) is 0. The van der Waals surface area contributed by atoms with Crippen molar-refractivity contribution in [1.82, 2.24) is 4.57 Å². The minimum absolute atomic E-state index is 0.125. The molecule has 0 spiro atoms. The molecule has 1 aromatic heterocycles. The number of benzene rings is 10. The molecule has 1 nitrogen and oxygen atoms in total. The standard InChI is InChI=1S/C60H39N/c1-3-15-38(16-4-1)41-21-13-22-44(35-41)57-48-26-11-10-25-47(48)52-36-42(29-31-51(52)57)43-30-33-55-53(37-43)59-56(61(55)54-28-14-20-39-17-7-8-23-45(39)54)34-32-50-46-24-9-12-27-49(46)58(60(50)59)40-18-5-2-6-19-40/h1-37,57-58H. The normalized spacial score (nSPS) is 14.9. The van der Waals surface area contributed by atoms with Gasteiger partial charge in [-0.1, -0.05) is 194 Å². The van der Waals surface area contributed by atoms with Crippen molar-refractivity contribution >= 4 is 32.6 Å². The molecule has 2 atom stereocenters. The molecule has 2 aliphatic carbocycles. The van der Waals surface area contributed by atoms with Crippen LogP contribution in [0.1, 0.15) is 45.2 Å². The second kappa shape index (κ2) is 13.4. The third-order valence-electron chi connectivity index (χ3n) is 13.5. The van der Waals surface area contributed by atoms with E-state index in [1.807, 2.05) is 0 Å². The van der Waals surface area contributed by atoms with Crippen molar-refractivity contribution < 1.29 is 0 Å². The Morgan fingerprint density at radius 2 is 0.902 bits per heavy atom. The van der Waals surface area contributed by atoms with Crippen LogP contribution in [0.4, 0.5) is 0 Å². The van der Waals surface area contributed by atoms with Crippen molar-refractivity contribution in [3.05, 3.63) is 258 Å². The van der Waals surface area contributed by atoms with Crippen molar-refractivity contribution in [2.45, 2.75) is 11.8 Å². The maximum absolute atomic E-state index is 2.52. The summed E-state index contributed by atoms with van der Waals surface area (Å²) in [6, 6.07) is 83.7. The van der Waals surface area contributed by atoms with Gasteiger partial charge in [0.2, 0.25) is 0 Å². The van der Waals surface area contributed by atoms with Gasteiger partial charge in [-0.3, -0.25) is 0 Å². The maximum Gasteiger partial charge on any atom is 0.0544 e. The monoisotopic (exact) mass is 773 g/mol. The molecule has 0 aliphatic heterocycles. The molecule has 2 aliphatic rings. The van der Waals surface area contributed by atoms with Gasteiger partial charge in [0, 0.05) is 28.0 Å². The highest BCUT2D eigenvalue weighted by Gasteiger charge is 2.34. The van der Waals surface area contributed by atoms with Gasteiger partial charge < -0.3 is 4.57 Å². The van der Waals surface area contributed by atoms with Crippen molar-refractivity contribution in [1.29, 1.82) is 0 Å². The number of nitrogens with zero attached hydrogens (tertiary/aromatic N) is 1. The van der Waals surface area contributed by atoms with Crippen molar-refractivity contribution in [2.24, 2.45) is 0 Å². The predicted molar refractivity (Wildman–Crippen MR) is 255 cm³/mol. The molecule has 1 heteroatoms. The number of hydrogen-bond donors (Lipinski definition) is 0.